The molecule has 1 fully saturated rings. The molecule has 4 atom stereocenters. The Hall–Kier alpha value is 0.920. The molecule has 1 saturated carbocycles. The lowest BCUT2D eigenvalue weighted by Crippen LogP contribution is -2.35. The lowest BCUT2D eigenvalue weighted by Gasteiger charge is -2.28. The van der Waals surface area contributed by atoms with E-state index in [1.54, 1.807) is 0 Å². The number of alkyl halides is 2. The van der Waals surface area contributed by atoms with Crippen molar-refractivity contribution in [3.63, 3.8) is 0 Å². The maximum Gasteiger partial charge on any atom is 0.0314 e. The molecule has 1 aliphatic carbocycles. The molecule has 3 unspecified atom stereocenters. The zero-order valence-electron chi connectivity index (χ0n) is 7.93. The molecule has 0 spiro atoms. The third-order valence-electron chi connectivity index (χ3n) is 2.96. The third kappa shape index (κ3) is 2.24. The zero-order valence-corrected chi connectivity index (χ0v) is 11.1. The van der Waals surface area contributed by atoms with Gasteiger partial charge in [-0.2, -0.15) is 0 Å². The van der Waals surface area contributed by atoms with Crippen LogP contribution >= 0.6 is 31.9 Å². The highest BCUT2D eigenvalue weighted by atomic mass is 79.9. The lowest BCUT2D eigenvalue weighted by atomic mass is 9.99. The molecule has 0 aromatic carbocycles. The Morgan fingerprint density at radius 3 is 2.17 bits per heavy atom. The minimum Gasteiger partial charge on any atom is -0.306 e. The summed E-state index contributed by atoms with van der Waals surface area (Å²) in [5.74, 6) is 0.796. The largest absolute Gasteiger partial charge is 0.306 e. The van der Waals surface area contributed by atoms with Crippen LogP contribution in [0, 0.1) is 5.92 Å². The van der Waals surface area contributed by atoms with Crippen molar-refractivity contribution in [2.45, 2.75) is 35.5 Å². The van der Waals surface area contributed by atoms with Gasteiger partial charge in [-0.25, -0.2) is 0 Å². The average molecular weight is 299 g/mol. The highest BCUT2D eigenvalue weighted by Gasteiger charge is 2.36. The molecule has 0 saturated heterocycles. The Morgan fingerprint density at radius 2 is 1.83 bits per heavy atom. The van der Waals surface area contributed by atoms with Gasteiger partial charge in [-0.3, -0.25) is 0 Å². The van der Waals surface area contributed by atoms with Gasteiger partial charge in [0.25, 0.3) is 0 Å². The minimum atomic E-state index is 0.648. The first-order valence-electron chi connectivity index (χ1n) is 4.48. The van der Waals surface area contributed by atoms with Gasteiger partial charge in [0.05, 0.1) is 0 Å². The van der Waals surface area contributed by atoms with Crippen LogP contribution in [0.2, 0.25) is 0 Å². The van der Waals surface area contributed by atoms with E-state index in [1.807, 2.05) is 0 Å². The molecule has 72 valence electrons. The van der Waals surface area contributed by atoms with Gasteiger partial charge in [-0.1, -0.05) is 31.9 Å². The summed E-state index contributed by atoms with van der Waals surface area (Å²) < 4.78 is 0. The first-order valence-corrected chi connectivity index (χ1v) is 6.31. The molecule has 0 aliphatic heterocycles. The Balaban J connectivity index is 2.53. The first kappa shape index (κ1) is 11.0. The summed E-state index contributed by atoms with van der Waals surface area (Å²) in [7, 11) is 4.32. The molecule has 0 N–H and O–H groups in total. The molecule has 0 aromatic heterocycles. The van der Waals surface area contributed by atoms with Gasteiger partial charge in [-0.15, -0.1) is 0 Å². The highest BCUT2D eigenvalue weighted by Crippen LogP contribution is 2.39. The summed E-state index contributed by atoms with van der Waals surface area (Å²) in [6.07, 6.45) is 2.64. The van der Waals surface area contributed by atoms with E-state index < -0.39 is 0 Å². The molecule has 1 nitrogen and oxygen atoms in total. The van der Waals surface area contributed by atoms with Crippen molar-refractivity contribution in [2.24, 2.45) is 5.92 Å². The predicted octanol–water partition coefficient (Wildman–Crippen LogP) is 2.87. The zero-order chi connectivity index (χ0) is 9.30. The maximum atomic E-state index is 3.77. The van der Waals surface area contributed by atoms with Gasteiger partial charge in [0.15, 0.2) is 0 Å². The van der Waals surface area contributed by atoms with Gasteiger partial charge in [0.2, 0.25) is 0 Å². The van der Waals surface area contributed by atoms with E-state index >= 15 is 0 Å². The van der Waals surface area contributed by atoms with E-state index in [-0.39, 0.29) is 0 Å². The van der Waals surface area contributed by atoms with Crippen molar-refractivity contribution in [3.8, 4) is 0 Å². The molecule has 3 heteroatoms. The van der Waals surface area contributed by atoms with Gasteiger partial charge < -0.3 is 4.90 Å². The van der Waals surface area contributed by atoms with Crippen LogP contribution in [0.25, 0.3) is 0 Å². The standard InChI is InChI=1S/C9H17Br2N/c1-6(12(2)3)7-4-5-8(10)9(7)11/h6-9H,4-5H2,1-3H3/t6-,7?,8?,9?/m1/s1. The molecular weight excluding hydrogens is 282 g/mol. The normalized spacial score (nSPS) is 39.0. The van der Waals surface area contributed by atoms with Crippen molar-refractivity contribution in [3.05, 3.63) is 0 Å². The van der Waals surface area contributed by atoms with Crippen LogP contribution in [0.1, 0.15) is 19.8 Å². The van der Waals surface area contributed by atoms with Crippen molar-refractivity contribution in [2.75, 3.05) is 14.1 Å². The summed E-state index contributed by atoms with van der Waals surface area (Å²) in [5.41, 5.74) is 0. The van der Waals surface area contributed by atoms with E-state index in [1.165, 1.54) is 12.8 Å². The van der Waals surface area contributed by atoms with Crippen LogP contribution < -0.4 is 0 Å². The number of hydrogen-bond donors (Lipinski definition) is 0. The second kappa shape index (κ2) is 4.43. The van der Waals surface area contributed by atoms with Crippen LogP contribution in [0.4, 0.5) is 0 Å². The quantitative estimate of drug-likeness (QED) is 0.709. The smallest absolute Gasteiger partial charge is 0.0314 e. The molecule has 0 heterocycles. The monoisotopic (exact) mass is 297 g/mol. The van der Waals surface area contributed by atoms with Crippen molar-refractivity contribution >= 4 is 31.9 Å². The minimum absolute atomic E-state index is 0.648. The molecule has 0 radical (unpaired) electrons. The number of halogens is 2. The number of rotatable bonds is 2. The van der Waals surface area contributed by atoms with Crippen LogP contribution in [0.3, 0.4) is 0 Å². The Kier molecular flexibility index (Phi) is 4.06. The lowest BCUT2D eigenvalue weighted by molar-refractivity contribution is 0.234. The van der Waals surface area contributed by atoms with Crippen LogP contribution in [-0.4, -0.2) is 34.7 Å². The Bertz CT molecular complexity index is 149. The van der Waals surface area contributed by atoms with Crippen molar-refractivity contribution < 1.29 is 0 Å². The van der Waals surface area contributed by atoms with E-state index in [9.17, 15) is 0 Å². The van der Waals surface area contributed by atoms with Crippen molar-refractivity contribution in [1.29, 1.82) is 0 Å². The number of nitrogens with zero attached hydrogens (tertiary/aromatic N) is 1. The summed E-state index contributed by atoms with van der Waals surface area (Å²) in [6.45, 7) is 2.31. The maximum absolute atomic E-state index is 3.77. The summed E-state index contributed by atoms with van der Waals surface area (Å²) in [4.78, 5) is 3.63. The fourth-order valence-electron chi connectivity index (χ4n) is 1.83. The molecular formula is C9H17Br2N. The third-order valence-corrected chi connectivity index (χ3v) is 6.02. The second-order valence-corrected chi connectivity index (χ2v) is 6.14. The van der Waals surface area contributed by atoms with E-state index in [2.05, 4.69) is 57.8 Å². The number of hydrogen-bond acceptors (Lipinski definition) is 1. The van der Waals surface area contributed by atoms with Crippen molar-refractivity contribution in [1.82, 2.24) is 4.90 Å². The molecule has 1 aliphatic rings. The predicted molar refractivity (Wildman–Crippen MR) is 61.3 cm³/mol. The van der Waals surface area contributed by atoms with Gasteiger partial charge in [0, 0.05) is 15.7 Å². The van der Waals surface area contributed by atoms with E-state index in [0.29, 0.717) is 15.7 Å². The van der Waals surface area contributed by atoms with E-state index in [4.69, 9.17) is 0 Å². The van der Waals surface area contributed by atoms with Crippen LogP contribution in [-0.2, 0) is 0 Å². The summed E-state index contributed by atoms with van der Waals surface area (Å²) in [6, 6.07) is 0.678. The molecule has 0 amide bonds. The molecule has 0 bridgehead atoms. The fourth-order valence-corrected chi connectivity index (χ4v) is 3.46. The molecule has 12 heavy (non-hydrogen) atoms. The summed E-state index contributed by atoms with van der Waals surface area (Å²) in [5, 5.41) is 0. The van der Waals surface area contributed by atoms with Gasteiger partial charge >= 0.3 is 0 Å². The average Bonchev–Trinajstić information content (AvgIpc) is 2.32. The SMILES string of the molecule is C[C@H](C1CCC(Br)C1Br)N(C)C. The van der Waals surface area contributed by atoms with Gasteiger partial charge in [-0.05, 0) is 39.8 Å². The summed E-state index contributed by atoms with van der Waals surface area (Å²) >= 11 is 7.46. The Morgan fingerprint density at radius 1 is 1.25 bits per heavy atom. The fraction of sp³-hybridized carbons (Fsp3) is 1.00. The Labute approximate surface area is 92.1 Å². The first-order chi connectivity index (χ1) is 5.54. The molecule has 0 aromatic rings. The van der Waals surface area contributed by atoms with Gasteiger partial charge in [0.1, 0.15) is 0 Å². The van der Waals surface area contributed by atoms with E-state index in [0.717, 1.165) is 5.92 Å². The molecule has 1 rings (SSSR count). The van der Waals surface area contributed by atoms with Crippen LogP contribution in [0.15, 0.2) is 0 Å². The highest BCUT2D eigenvalue weighted by molar-refractivity contribution is 9.12. The second-order valence-electron chi connectivity index (χ2n) is 3.91. The van der Waals surface area contributed by atoms with Crippen LogP contribution in [0.5, 0.6) is 0 Å². The topological polar surface area (TPSA) is 3.24 Å².